The zero-order valence-corrected chi connectivity index (χ0v) is 10.2. The van der Waals surface area contributed by atoms with Crippen LogP contribution in [-0.2, 0) is 0 Å². The average Bonchev–Trinajstić information content (AvgIpc) is 2.44. The van der Waals surface area contributed by atoms with Crippen molar-refractivity contribution in [2.75, 3.05) is 11.9 Å². The Balaban J connectivity index is 2.35. The number of fused-ring (bicyclic) bond motifs is 1. The lowest BCUT2D eigenvalue weighted by Crippen LogP contribution is -2.34. The molecule has 0 bridgehead atoms. The summed E-state index contributed by atoms with van der Waals surface area (Å²) in [5.41, 5.74) is 0.687. The van der Waals surface area contributed by atoms with Gasteiger partial charge in [-0.25, -0.2) is 8.78 Å². The van der Waals surface area contributed by atoms with Gasteiger partial charge in [0.2, 0.25) is 0 Å². The van der Waals surface area contributed by atoms with Crippen LogP contribution in [0.5, 0.6) is 0 Å². The van der Waals surface area contributed by atoms with Gasteiger partial charge in [0.05, 0.1) is 18.2 Å². The summed E-state index contributed by atoms with van der Waals surface area (Å²) in [5, 5.41) is 12.4. The van der Waals surface area contributed by atoms with Crippen LogP contribution in [0.1, 0.15) is 5.56 Å². The van der Waals surface area contributed by atoms with Gasteiger partial charge in [0.1, 0.15) is 0 Å². The molecule has 0 spiro atoms. The van der Waals surface area contributed by atoms with Crippen LogP contribution in [-0.4, -0.2) is 18.9 Å². The van der Waals surface area contributed by atoms with Gasteiger partial charge in [0, 0.05) is 16.5 Å². The molecule has 104 valence electrons. The highest BCUT2D eigenvalue weighted by atomic mass is 19.3. The minimum Gasteiger partial charge on any atom is -0.378 e. The second kappa shape index (κ2) is 5.37. The van der Waals surface area contributed by atoms with Crippen LogP contribution < -0.4 is 5.32 Å². The molecular weight excluding hydrogens is 272 g/mol. The van der Waals surface area contributed by atoms with Gasteiger partial charge in [-0.2, -0.15) is 14.0 Å². The molecule has 6 heteroatoms. The zero-order chi connectivity index (χ0) is 14.8. The first-order chi connectivity index (χ1) is 9.45. The Morgan fingerprint density at radius 3 is 2.35 bits per heavy atom. The Morgan fingerprint density at radius 1 is 1.10 bits per heavy atom. The number of halogens is 4. The number of hydrogen-bond acceptors (Lipinski definition) is 2. The Hall–Kier alpha value is -2.29. The van der Waals surface area contributed by atoms with Crippen LogP contribution >= 0.6 is 0 Å². The maximum absolute atomic E-state index is 12.9. The number of rotatable bonds is 4. The molecule has 0 unspecified atom stereocenters. The first-order valence-electron chi connectivity index (χ1n) is 5.77. The normalized spacial score (nSPS) is 11.6. The molecule has 20 heavy (non-hydrogen) atoms. The van der Waals surface area contributed by atoms with Crippen LogP contribution in [0, 0.1) is 11.3 Å². The monoisotopic (exact) mass is 282 g/mol. The molecule has 2 aromatic carbocycles. The van der Waals surface area contributed by atoms with Crippen molar-refractivity contribution in [3.63, 3.8) is 0 Å². The number of benzene rings is 2. The number of nitrogens with zero attached hydrogens (tertiary/aromatic N) is 1. The third kappa shape index (κ3) is 2.67. The van der Waals surface area contributed by atoms with E-state index in [0.29, 0.717) is 22.0 Å². The van der Waals surface area contributed by atoms with Gasteiger partial charge in [0.15, 0.2) is 0 Å². The van der Waals surface area contributed by atoms with Crippen LogP contribution in [0.25, 0.3) is 10.8 Å². The third-order valence-corrected chi connectivity index (χ3v) is 2.88. The molecule has 0 aliphatic heterocycles. The minimum absolute atomic E-state index is 0.292. The van der Waals surface area contributed by atoms with E-state index in [2.05, 4.69) is 5.32 Å². The Bertz CT molecular complexity index is 662. The van der Waals surface area contributed by atoms with Crippen molar-refractivity contribution in [2.24, 2.45) is 0 Å². The molecule has 2 aromatic rings. The smallest absolute Gasteiger partial charge is 0.324 e. The van der Waals surface area contributed by atoms with Crippen molar-refractivity contribution < 1.29 is 17.6 Å². The molecule has 0 heterocycles. The molecule has 1 N–H and O–H groups in total. The molecule has 2 rings (SSSR count). The maximum Gasteiger partial charge on any atom is 0.324 e. The SMILES string of the molecule is N#Cc1ccc(NCC(F)(F)C(F)F)c2ccccc12. The highest BCUT2D eigenvalue weighted by Gasteiger charge is 2.40. The van der Waals surface area contributed by atoms with E-state index in [1.54, 1.807) is 24.3 Å². The molecule has 0 aromatic heterocycles. The van der Waals surface area contributed by atoms with E-state index in [1.807, 2.05) is 6.07 Å². The summed E-state index contributed by atoms with van der Waals surface area (Å²) in [4.78, 5) is 0. The fourth-order valence-corrected chi connectivity index (χ4v) is 1.84. The summed E-state index contributed by atoms with van der Waals surface area (Å²) in [6.07, 6.45) is -3.72. The number of nitrogens with one attached hydrogen (secondary N) is 1. The summed E-state index contributed by atoms with van der Waals surface area (Å²) < 4.78 is 50.1. The van der Waals surface area contributed by atoms with Gasteiger partial charge in [-0.05, 0) is 12.1 Å². The summed E-state index contributed by atoms with van der Waals surface area (Å²) in [6.45, 7) is -1.17. The summed E-state index contributed by atoms with van der Waals surface area (Å²) in [7, 11) is 0. The highest BCUT2D eigenvalue weighted by molar-refractivity contribution is 5.97. The quantitative estimate of drug-likeness (QED) is 0.860. The summed E-state index contributed by atoms with van der Waals surface area (Å²) in [5.74, 6) is -4.10. The predicted octanol–water partition coefficient (Wildman–Crippen LogP) is 4.02. The van der Waals surface area contributed by atoms with E-state index in [4.69, 9.17) is 5.26 Å². The number of nitriles is 1. The first kappa shape index (κ1) is 14.1. The highest BCUT2D eigenvalue weighted by Crippen LogP contribution is 2.28. The van der Waals surface area contributed by atoms with E-state index < -0.39 is 18.9 Å². The lowest BCUT2D eigenvalue weighted by atomic mass is 10.0. The Kier molecular flexibility index (Phi) is 3.79. The fraction of sp³-hybridized carbons (Fsp3) is 0.214. The van der Waals surface area contributed by atoms with Gasteiger partial charge in [-0.3, -0.25) is 0 Å². The van der Waals surface area contributed by atoms with E-state index in [-0.39, 0.29) is 0 Å². The number of hydrogen-bond donors (Lipinski definition) is 1. The topological polar surface area (TPSA) is 35.8 Å². The summed E-state index contributed by atoms with van der Waals surface area (Å²) in [6, 6.07) is 11.6. The van der Waals surface area contributed by atoms with Crippen LogP contribution in [0.15, 0.2) is 36.4 Å². The molecule has 0 fully saturated rings. The van der Waals surface area contributed by atoms with Gasteiger partial charge < -0.3 is 5.32 Å². The van der Waals surface area contributed by atoms with Crippen LogP contribution in [0.2, 0.25) is 0 Å². The molecule has 0 aliphatic rings. The molecule has 0 atom stereocenters. The van der Waals surface area contributed by atoms with Gasteiger partial charge in [-0.15, -0.1) is 0 Å². The van der Waals surface area contributed by atoms with Crippen molar-refractivity contribution in [3.05, 3.63) is 42.0 Å². The zero-order valence-electron chi connectivity index (χ0n) is 10.2. The maximum atomic E-state index is 12.9. The van der Waals surface area contributed by atoms with Gasteiger partial charge in [-0.1, -0.05) is 24.3 Å². The van der Waals surface area contributed by atoms with Crippen molar-refractivity contribution in [1.29, 1.82) is 5.26 Å². The molecule has 0 radical (unpaired) electrons. The molecule has 0 saturated heterocycles. The van der Waals surface area contributed by atoms with Crippen molar-refractivity contribution >= 4 is 16.5 Å². The van der Waals surface area contributed by atoms with Gasteiger partial charge >= 0.3 is 12.3 Å². The lowest BCUT2D eigenvalue weighted by molar-refractivity contribution is -0.117. The second-order valence-electron chi connectivity index (χ2n) is 4.23. The van der Waals surface area contributed by atoms with E-state index in [0.717, 1.165) is 0 Å². The molecule has 0 amide bonds. The van der Waals surface area contributed by atoms with Gasteiger partial charge in [0.25, 0.3) is 0 Å². The molecule has 0 aliphatic carbocycles. The standard InChI is InChI=1S/C14H10F4N2/c15-13(16)14(17,18)8-20-12-6-5-9(7-19)10-3-1-2-4-11(10)12/h1-6,13,20H,8H2. The van der Waals surface area contributed by atoms with Crippen LogP contribution in [0.3, 0.4) is 0 Å². The molecule has 0 saturated carbocycles. The van der Waals surface area contributed by atoms with Crippen LogP contribution in [0.4, 0.5) is 23.2 Å². The Labute approximate surface area is 112 Å². The third-order valence-electron chi connectivity index (χ3n) is 2.88. The molecule has 2 nitrogen and oxygen atoms in total. The van der Waals surface area contributed by atoms with Crippen molar-refractivity contribution in [3.8, 4) is 6.07 Å². The van der Waals surface area contributed by atoms with E-state index in [1.165, 1.54) is 12.1 Å². The Morgan fingerprint density at radius 2 is 1.75 bits per heavy atom. The first-order valence-corrected chi connectivity index (χ1v) is 5.77. The number of anilines is 1. The van der Waals surface area contributed by atoms with Crippen molar-refractivity contribution in [1.82, 2.24) is 0 Å². The average molecular weight is 282 g/mol. The summed E-state index contributed by atoms with van der Waals surface area (Å²) >= 11 is 0. The van der Waals surface area contributed by atoms with E-state index >= 15 is 0 Å². The minimum atomic E-state index is -4.10. The second-order valence-corrected chi connectivity index (χ2v) is 4.23. The largest absolute Gasteiger partial charge is 0.378 e. The van der Waals surface area contributed by atoms with Crippen molar-refractivity contribution in [2.45, 2.75) is 12.3 Å². The number of alkyl halides is 4. The predicted molar refractivity (Wildman–Crippen MR) is 68.1 cm³/mol. The molecular formula is C14H10F4N2. The lowest BCUT2D eigenvalue weighted by Gasteiger charge is -2.17. The fourth-order valence-electron chi connectivity index (χ4n) is 1.84. The van der Waals surface area contributed by atoms with E-state index in [9.17, 15) is 17.6 Å².